The molecule has 0 amide bonds. The molecule has 1 atom stereocenters. The molecule has 0 saturated heterocycles. The Balaban J connectivity index is 2.56. The predicted molar refractivity (Wildman–Crippen MR) is 53.0 cm³/mol. The lowest BCUT2D eigenvalue weighted by atomic mass is 9.97. The van der Waals surface area contributed by atoms with Gasteiger partial charge in [-0.2, -0.15) is 0 Å². The number of benzene rings is 1. The summed E-state index contributed by atoms with van der Waals surface area (Å²) >= 11 is 0. The van der Waals surface area contributed by atoms with Crippen LogP contribution in [0.1, 0.15) is 24.0 Å². The van der Waals surface area contributed by atoms with Crippen molar-refractivity contribution in [3.05, 3.63) is 53.6 Å². The van der Waals surface area contributed by atoms with Crippen LogP contribution in [0.5, 0.6) is 0 Å². The molecule has 0 nitrogen and oxygen atoms in total. The van der Waals surface area contributed by atoms with Gasteiger partial charge in [0.1, 0.15) is 0 Å². The summed E-state index contributed by atoms with van der Waals surface area (Å²) in [6, 6.07) is 8.54. The Morgan fingerprint density at radius 1 is 1.08 bits per heavy atom. The van der Waals surface area contributed by atoms with Gasteiger partial charge < -0.3 is 0 Å². The number of rotatable bonds is 0. The molecular weight excluding hydrogens is 144 g/mol. The van der Waals surface area contributed by atoms with E-state index in [1.807, 2.05) is 0 Å². The van der Waals surface area contributed by atoms with E-state index >= 15 is 0 Å². The molecule has 2 rings (SSSR count). The Hall–Kier alpha value is -1.30. The molecular formula is C12H12. The summed E-state index contributed by atoms with van der Waals surface area (Å²) in [6.07, 6.45) is 8.60. The van der Waals surface area contributed by atoms with Crippen molar-refractivity contribution in [1.29, 1.82) is 0 Å². The lowest BCUT2D eigenvalue weighted by Gasteiger charge is -2.08. The molecule has 0 bridgehead atoms. The zero-order valence-corrected chi connectivity index (χ0v) is 7.20. The monoisotopic (exact) mass is 156 g/mol. The van der Waals surface area contributed by atoms with Crippen LogP contribution < -0.4 is 0 Å². The van der Waals surface area contributed by atoms with E-state index in [9.17, 15) is 0 Å². The second-order valence-corrected chi connectivity index (χ2v) is 3.16. The average Bonchev–Trinajstić information content (AvgIpc) is 2.29. The van der Waals surface area contributed by atoms with Crippen LogP contribution in [0.2, 0.25) is 0 Å². The summed E-state index contributed by atoms with van der Waals surface area (Å²) in [7, 11) is 0. The molecule has 0 spiro atoms. The van der Waals surface area contributed by atoms with E-state index in [0.29, 0.717) is 5.92 Å². The first-order valence-corrected chi connectivity index (χ1v) is 4.32. The van der Waals surface area contributed by atoms with Gasteiger partial charge in [0.15, 0.2) is 0 Å². The quantitative estimate of drug-likeness (QED) is 0.540. The zero-order valence-electron chi connectivity index (χ0n) is 7.20. The molecule has 0 fully saturated rings. The average molecular weight is 156 g/mol. The van der Waals surface area contributed by atoms with Crippen LogP contribution in [0, 0.1) is 0 Å². The van der Waals surface area contributed by atoms with E-state index in [2.05, 4.69) is 55.5 Å². The van der Waals surface area contributed by atoms with E-state index in [1.165, 1.54) is 11.1 Å². The minimum atomic E-state index is 0.538. The number of fused-ring (bicyclic) bond motifs is 1. The third-order valence-corrected chi connectivity index (χ3v) is 2.27. The van der Waals surface area contributed by atoms with Gasteiger partial charge >= 0.3 is 0 Å². The van der Waals surface area contributed by atoms with Crippen molar-refractivity contribution in [1.82, 2.24) is 0 Å². The maximum Gasteiger partial charge on any atom is -0.000139 e. The molecule has 1 aliphatic carbocycles. The van der Waals surface area contributed by atoms with Crippen LogP contribution in [0.4, 0.5) is 0 Å². The summed E-state index contributed by atoms with van der Waals surface area (Å²) in [6.45, 7) is 2.22. The van der Waals surface area contributed by atoms with Gasteiger partial charge in [0.2, 0.25) is 0 Å². The van der Waals surface area contributed by atoms with Crippen LogP contribution in [0.3, 0.4) is 0 Å². The maximum atomic E-state index is 2.22. The molecule has 1 aromatic carbocycles. The van der Waals surface area contributed by atoms with Gasteiger partial charge in [0, 0.05) is 0 Å². The number of hydrogen-bond acceptors (Lipinski definition) is 0. The molecule has 0 aromatic heterocycles. The molecule has 1 unspecified atom stereocenters. The molecule has 60 valence electrons. The van der Waals surface area contributed by atoms with Crippen LogP contribution in [0.25, 0.3) is 6.08 Å². The van der Waals surface area contributed by atoms with Gasteiger partial charge in [0.05, 0.1) is 0 Å². The number of allylic oxidation sites excluding steroid dienone is 3. The third kappa shape index (κ3) is 1.20. The molecule has 12 heavy (non-hydrogen) atoms. The molecule has 0 heterocycles. The molecule has 0 heteroatoms. The molecule has 0 N–H and O–H groups in total. The highest BCUT2D eigenvalue weighted by Crippen LogP contribution is 2.24. The molecule has 1 aliphatic rings. The fourth-order valence-corrected chi connectivity index (χ4v) is 1.57. The van der Waals surface area contributed by atoms with Crippen LogP contribution in [-0.2, 0) is 0 Å². The molecule has 1 aromatic rings. The van der Waals surface area contributed by atoms with Crippen molar-refractivity contribution in [2.75, 3.05) is 0 Å². The Bertz CT molecular complexity index is 332. The smallest absolute Gasteiger partial charge is 0.000139 e. The minimum Gasteiger partial charge on any atom is -0.0773 e. The topological polar surface area (TPSA) is 0 Å². The first-order valence-electron chi connectivity index (χ1n) is 4.32. The Kier molecular flexibility index (Phi) is 1.83. The van der Waals surface area contributed by atoms with Crippen molar-refractivity contribution in [3.63, 3.8) is 0 Å². The van der Waals surface area contributed by atoms with Crippen molar-refractivity contribution in [2.45, 2.75) is 12.8 Å². The largest absolute Gasteiger partial charge is 0.0773 e. The van der Waals surface area contributed by atoms with Crippen molar-refractivity contribution in [3.8, 4) is 0 Å². The zero-order chi connectivity index (χ0) is 8.39. The summed E-state index contributed by atoms with van der Waals surface area (Å²) in [5.41, 5.74) is 2.76. The van der Waals surface area contributed by atoms with Gasteiger partial charge in [0.25, 0.3) is 0 Å². The molecule has 0 radical (unpaired) electrons. The SMILES string of the molecule is CC1C=CC=Cc2ccccc21. The van der Waals surface area contributed by atoms with Crippen LogP contribution >= 0.6 is 0 Å². The molecule has 0 aliphatic heterocycles. The Morgan fingerprint density at radius 3 is 2.83 bits per heavy atom. The van der Waals surface area contributed by atoms with E-state index in [1.54, 1.807) is 0 Å². The Labute approximate surface area is 73.2 Å². The summed E-state index contributed by atoms with van der Waals surface area (Å²) in [4.78, 5) is 0. The first-order chi connectivity index (χ1) is 5.88. The highest BCUT2D eigenvalue weighted by Gasteiger charge is 2.05. The van der Waals surface area contributed by atoms with Gasteiger partial charge in [-0.25, -0.2) is 0 Å². The summed E-state index contributed by atoms with van der Waals surface area (Å²) in [5, 5.41) is 0. The maximum absolute atomic E-state index is 2.22. The van der Waals surface area contributed by atoms with Gasteiger partial charge in [-0.1, -0.05) is 55.5 Å². The van der Waals surface area contributed by atoms with E-state index in [-0.39, 0.29) is 0 Å². The Morgan fingerprint density at radius 2 is 1.92 bits per heavy atom. The lowest BCUT2D eigenvalue weighted by molar-refractivity contribution is 0.967. The standard InChI is InChI=1S/C12H12/c1-10-6-2-3-7-11-8-4-5-9-12(10)11/h2-10H,1H3. The number of hydrogen-bond donors (Lipinski definition) is 0. The van der Waals surface area contributed by atoms with E-state index in [0.717, 1.165) is 0 Å². The summed E-state index contributed by atoms with van der Waals surface area (Å²) in [5.74, 6) is 0.538. The summed E-state index contributed by atoms with van der Waals surface area (Å²) < 4.78 is 0. The highest BCUT2D eigenvalue weighted by atomic mass is 14.1. The fraction of sp³-hybridized carbons (Fsp3) is 0.167. The van der Waals surface area contributed by atoms with Crippen molar-refractivity contribution >= 4 is 6.08 Å². The van der Waals surface area contributed by atoms with Gasteiger partial charge in [-0.05, 0) is 17.0 Å². The van der Waals surface area contributed by atoms with E-state index in [4.69, 9.17) is 0 Å². The van der Waals surface area contributed by atoms with Crippen LogP contribution in [-0.4, -0.2) is 0 Å². The third-order valence-electron chi connectivity index (χ3n) is 2.27. The van der Waals surface area contributed by atoms with Crippen molar-refractivity contribution in [2.24, 2.45) is 0 Å². The van der Waals surface area contributed by atoms with E-state index < -0.39 is 0 Å². The normalized spacial score (nSPS) is 20.2. The second-order valence-electron chi connectivity index (χ2n) is 3.16. The highest BCUT2D eigenvalue weighted by molar-refractivity contribution is 5.58. The first kappa shape index (κ1) is 7.35. The van der Waals surface area contributed by atoms with Gasteiger partial charge in [-0.3, -0.25) is 0 Å². The van der Waals surface area contributed by atoms with Crippen LogP contribution in [0.15, 0.2) is 42.5 Å². The molecule has 0 saturated carbocycles. The van der Waals surface area contributed by atoms with Crippen molar-refractivity contribution < 1.29 is 0 Å². The fourth-order valence-electron chi connectivity index (χ4n) is 1.57. The predicted octanol–water partition coefficient (Wildman–Crippen LogP) is 3.37. The lowest BCUT2D eigenvalue weighted by Crippen LogP contribution is -1.90. The second kappa shape index (κ2) is 2.98. The van der Waals surface area contributed by atoms with Gasteiger partial charge in [-0.15, -0.1) is 0 Å². The minimum absolute atomic E-state index is 0.538.